The molecule has 4 heterocycles. The molecule has 2 aliphatic heterocycles. The van der Waals surface area contributed by atoms with Crippen molar-refractivity contribution in [3.63, 3.8) is 0 Å². The van der Waals surface area contributed by atoms with E-state index in [1.54, 1.807) is 12.3 Å². The molecule has 31 heavy (non-hydrogen) atoms. The highest BCUT2D eigenvalue weighted by Crippen LogP contribution is 2.46. The van der Waals surface area contributed by atoms with Crippen LogP contribution in [0.5, 0.6) is 0 Å². The van der Waals surface area contributed by atoms with E-state index in [0.717, 1.165) is 36.7 Å². The second-order valence-corrected chi connectivity index (χ2v) is 8.81. The Morgan fingerprint density at radius 3 is 2.58 bits per heavy atom. The van der Waals surface area contributed by atoms with Crippen LogP contribution in [0.1, 0.15) is 28.4 Å². The van der Waals surface area contributed by atoms with Gasteiger partial charge in [0.2, 0.25) is 0 Å². The lowest BCUT2D eigenvalue weighted by Crippen LogP contribution is -2.60. The number of hydrogen-bond donors (Lipinski definition) is 1. The molecule has 0 bridgehead atoms. The van der Waals surface area contributed by atoms with E-state index in [4.69, 9.17) is 19.1 Å². The van der Waals surface area contributed by atoms with Crippen LogP contribution in [0.25, 0.3) is 0 Å². The lowest BCUT2D eigenvalue weighted by molar-refractivity contribution is -0.192. The minimum atomic E-state index is -5.08. The third-order valence-electron chi connectivity index (χ3n) is 4.81. The largest absolute Gasteiger partial charge is 0.490 e. The van der Waals surface area contributed by atoms with Gasteiger partial charge in [-0.05, 0) is 37.6 Å². The van der Waals surface area contributed by atoms with Gasteiger partial charge in [0, 0.05) is 25.0 Å². The monoisotopic (exact) mass is 458 g/mol. The quantitative estimate of drug-likeness (QED) is 0.749. The van der Waals surface area contributed by atoms with Crippen LogP contribution in [-0.2, 0) is 16.1 Å². The summed E-state index contributed by atoms with van der Waals surface area (Å²) in [6.07, 6.45) is -2.07. The van der Waals surface area contributed by atoms with Crippen molar-refractivity contribution in [2.75, 3.05) is 18.8 Å². The van der Waals surface area contributed by atoms with Crippen molar-refractivity contribution in [3.05, 3.63) is 53.7 Å². The molecule has 4 rings (SSSR count). The first-order valence-electron chi connectivity index (χ1n) is 9.39. The zero-order chi connectivity index (χ0) is 22.6. The third-order valence-corrected chi connectivity index (χ3v) is 6.38. The molecule has 2 aliphatic rings. The Morgan fingerprint density at radius 1 is 1.32 bits per heavy atom. The van der Waals surface area contributed by atoms with Gasteiger partial charge in [0.1, 0.15) is 5.76 Å². The predicted molar refractivity (Wildman–Crippen MR) is 106 cm³/mol. The number of aromatic nitrogens is 1. The summed E-state index contributed by atoms with van der Waals surface area (Å²) in [4.78, 5) is 27.4. The van der Waals surface area contributed by atoms with Crippen molar-refractivity contribution in [1.82, 2.24) is 9.88 Å². The summed E-state index contributed by atoms with van der Waals surface area (Å²) >= 11 is 1.93. The number of hydrogen-bond acceptors (Lipinski definition) is 6. The molecular formula is C20H21F3N2O5S. The number of likely N-dealkylation sites (tertiary alicyclic amines) is 1. The summed E-state index contributed by atoms with van der Waals surface area (Å²) in [7, 11) is 0. The van der Waals surface area contributed by atoms with Crippen molar-refractivity contribution in [1.29, 1.82) is 0 Å². The van der Waals surface area contributed by atoms with Gasteiger partial charge in [-0.15, -0.1) is 11.8 Å². The summed E-state index contributed by atoms with van der Waals surface area (Å²) in [5, 5.41) is 7.12. The molecule has 0 radical (unpaired) electrons. The van der Waals surface area contributed by atoms with Crippen LogP contribution < -0.4 is 0 Å². The molecular weight excluding hydrogens is 437 g/mol. The van der Waals surface area contributed by atoms with Crippen molar-refractivity contribution in [2.45, 2.75) is 37.0 Å². The van der Waals surface area contributed by atoms with Crippen LogP contribution in [0.3, 0.4) is 0 Å². The number of thioether (sulfide) groups is 1. The Bertz CT molecular complexity index is 913. The van der Waals surface area contributed by atoms with Crippen molar-refractivity contribution in [2.24, 2.45) is 0 Å². The molecule has 2 fully saturated rings. The number of carboxylic acids is 1. The summed E-state index contributed by atoms with van der Waals surface area (Å²) < 4.78 is 43.3. The lowest BCUT2D eigenvalue weighted by Gasteiger charge is -2.47. The second-order valence-electron chi connectivity index (χ2n) is 7.33. The van der Waals surface area contributed by atoms with Gasteiger partial charge < -0.3 is 19.2 Å². The number of halogens is 3. The van der Waals surface area contributed by atoms with E-state index < -0.39 is 12.1 Å². The third kappa shape index (κ3) is 6.01. The topological polar surface area (TPSA) is 92.9 Å². The number of carboxylic acid groups (broad SMARTS) is 1. The fourth-order valence-corrected chi connectivity index (χ4v) is 4.87. The fourth-order valence-electron chi connectivity index (χ4n) is 3.31. The first kappa shape index (κ1) is 23.1. The average Bonchev–Trinajstić information content (AvgIpc) is 3.32. The minimum absolute atomic E-state index is 0.00724. The highest BCUT2D eigenvalue weighted by atomic mass is 32.2. The van der Waals surface area contributed by atoms with Crippen molar-refractivity contribution >= 4 is 23.6 Å². The zero-order valence-corrected chi connectivity index (χ0v) is 17.4. The van der Waals surface area contributed by atoms with Gasteiger partial charge in [-0.1, -0.05) is 6.07 Å². The number of aliphatic carboxylic acids is 1. The van der Waals surface area contributed by atoms with Gasteiger partial charge in [-0.3, -0.25) is 9.78 Å². The van der Waals surface area contributed by atoms with Gasteiger partial charge >= 0.3 is 12.1 Å². The van der Waals surface area contributed by atoms with Crippen LogP contribution in [-0.4, -0.2) is 62.7 Å². The summed E-state index contributed by atoms with van der Waals surface area (Å²) in [5.41, 5.74) is 0.960. The maximum absolute atomic E-state index is 12.4. The number of aryl methyl sites for hydroxylation is 1. The van der Waals surface area contributed by atoms with E-state index in [-0.39, 0.29) is 16.8 Å². The van der Waals surface area contributed by atoms with Gasteiger partial charge in [0.15, 0.2) is 5.76 Å². The van der Waals surface area contributed by atoms with E-state index >= 15 is 0 Å². The molecule has 1 amide bonds. The molecule has 0 aromatic carbocycles. The van der Waals surface area contributed by atoms with Crippen LogP contribution in [0, 0.1) is 6.92 Å². The minimum Gasteiger partial charge on any atom is -0.475 e. The second kappa shape index (κ2) is 9.31. The Hall–Kier alpha value is -2.53. The number of carbonyl (C=O) groups is 2. The molecule has 11 heteroatoms. The Labute approximate surface area is 180 Å². The normalized spacial score (nSPS) is 19.5. The average molecular weight is 458 g/mol. The number of furan rings is 1. The number of carbonyl (C=O) groups excluding carboxylic acids is 1. The fraction of sp³-hybridized carbons (Fsp3) is 0.450. The van der Waals surface area contributed by atoms with Gasteiger partial charge in [-0.25, -0.2) is 4.79 Å². The number of rotatable bonds is 4. The molecule has 168 valence electrons. The van der Waals surface area contributed by atoms with Gasteiger partial charge in [-0.2, -0.15) is 13.2 Å². The number of alkyl halides is 3. The van der Waals surface area contributed by atoms with Crippen molar-refractivity contribution in [3.8, 4) is 0 Å². The van der Waals surface area contributed by atoms with Gasteiger partial charge in [0.25, 0.3) is 5.91 Å². The summed E-state index contributed by atoms with van der Waals surface area (Å²) in [6, 6.07) is 9.44. The SMILES string of the molecule is Cc1ccc(C(=O)N2CC3(CC(OCc4ccccn4)CS3)C2)o1.O=C(O)C(F)(F)F. The van der Waals surface area contributed by atoms with E-state index in [2.05, 4.69) is 4.98 Å². The van der Waals surface area contributed by atoms with Crippen LogP contribution in [0.2, 0.25) is 0 Å². The smallest absolute Gasteiger partial charge is 0.475 e. The number of ether oxygens (including phenoxy) is 1. The lowest BCUT2D eigenvalue weighted by atomic mass is 9.92. The zero-order valence-electron chi connectivity index (χ0n) is 16.6. The van der Waals surface area contributed by atoms with Crippen LogP contribution in [0.4, 0.5) is 13.2 Å². The molecule has 2 aromatic heterocycles. The van der Waals surface area contributed by atoms with Crippen LogP contribution >= 0.6 is 11.8 Å². The molecule has 2 saturated heterocycles. The number of amides is 1. The molecule has 1 spiro atoms. The molecule has 0 aliphatic carbocycles. The molecule has 0 saturated carbocycles. The summed E-state index contributed by atoms with van der Waals surface area (Å²) in [5.74, 6) is -0.575. The highest BCUT2D eigenvalue weighted by molar-refractivity contribution is 8.01. The molecule has 1 N–H and O–H groups in total. The molecule has 2 aromatic rings. The molecule has 7 nitrogen and oxygen atoms in total. The Balaban J connectivity index is 0.000000339. The van der Waals surface area contributed by atoms with E-state index in [1.807, 2.05) is 47.9 Å². The maximum Gasteiger partial charge on any atom is 0.490 e. The number of pyridine rings is 1. The highest BCUT2D eigenvalue weighted by Gasteiger charge is 2.51. The Morgan fingerprint density at radius 2 is 2.03 bits per heavy atom. The van der Waals surface area contributed by atoms with Gasteiger partial charge in [0.05, 0.1) is 23.2 Å². The molecule has 1 atom stereocenters. The maximum atomic E-state index is 12.4. The first-order valence-corrected chi connectivity index (χ1v) is 10.4. The first-order chi connectivity index (χ1) is 14.6. The standard InChI is InChI=1S/C18H20N2O3S.C2HF3O2/c1-13-5-6-16(23-13)17(21)20-11-18(12-20)8-15(10-24-18)22-9-14-4-2-3-7-19-14;3-2(4,5)1(6)7/h2-7,15H,8-12H2,1H3;(H,6,7). The van der Waals surface area contributed by atoms with Crippen molar-refractivity contribution < 1.29 is 37.0 Å². The van der Waals surface area contributed by atoms with E-state index in [9.17, 15) is 18.0 Å². The van der Waals surface area contributed by atoms with Crippen LogP contribution in [0.15, 0.2) is 40.9 Å². The number of nitrogens with zero attached hydrogens (tertiary/aromatic N) is 2. The predicted octanol–water partition coefficient (Wildman–Crippen LogP) is 3.53. The van der Waals surface area contributed by atoms with E-state index in [1.165, 1.54) is 0 Å². The summed E-state index contributed by atoms with van der Waals surface area (Å²) in [6.45, 7) is 3.96. The molecule has 1 unspecified atom stereocenters. The van der Waals surface area contributed by atoms with E-state index in [0.29, 0.717) is 12.4 Å². The Kier molecular flexibility index (Phi) is 6.95.